The van der Waals surface area contributed by atoms with Crippen LogP contribution in [0.4, 0.5) is 13.2 Å². The summed E-state index contributed by atoms with van der Waals surface area (Å²) >= 11 is 5.66. The van der Waals surface area contributed by atoms with E-state index in [1.165, 1.54) is 13.0 Å². The van der Waals surface area contributed by atoms with Crippen molar-refractivity contribution in [1.82, 2.24) is 0 Å². The Labute approximate surface area is 101 Å². The molecule has 2 nitrogen and oxygen atoms in total. The molecule has 0 amide bonds. The first-order valence-corrected chi connectivity index (χ1v) is 4.99. The van der Waals surface area contributed by atoms with Gasteiger partial charge in [0.25, 0.3) is 0 Å². The van der Waals surface area contributed by atoms with Crippen LogP contribution in [0.25, 0.3) is 0 Å². The molecule has 92 valence electrons. The number of benzene rings is 1. The Balaban J connectivity index is 3.53. The number of nitrogens with zero attached hydrogens (tertiary/aromatic N) is 1. The van der Waals surface area contributed by atoms with E-state index in [2.05, 4.69) is 0 Å². The zero-order valence-corrected chi connectivity index (χ0v) is 9.82. The summed E-state index contributed by atoms with van der Waals surface area (Å²) in [5.41, 5.74) is -2.82. The smallest absolute Gasteiger partial charge is 0.410 e. The summed E-state index contributed by atoms with van der Waals surface area (Å²) in [5.74, 6) is -0.207. The van der Waals surface area contributed by atoms with Crippen molar-refractivity contribution in [3.8, 4) is 11.8 Å². The van der Waals surface area contributed by atoms with Gasteiger partial charge in [-0.2, -0.15) is 18.4 Å². The van der Waals surface area contributed by atoms with Crippen molar-refractivity contribution in [1.29, 1.82) is 5.26 Å². The van der Waals surface area contributed by atoms with E-state index in [-0.39, 0.29) is 21.9 Å². The average Bonchev–Trinajstić information content (AvgIpc) is 2.20. The molecule has 0 aliphatic rings. The molecule has 1 unspecified atom stereocenters. The Kier molecular flexibility index (Phi) is 3.30. The number of aromatic hydroxyl groups is 1. The van der Waals surface area contributed by atoms with Gasteiger partial charge >= 0.3 is 6.18 Å². The summed E-state index contributed by atoms with van der Waals surface area (Å²) in [4.78, 5) is 0. The molecule has 0 fully saturated rings. The van der Waals surface area contributed by atoms with E-state index in [1.807, 2.05) is 0 Å². The second-order valence-electron chi connectivity index (χ2n) is 3.85. The van der Waals surface area contributed by atoms with Crippen molar-refractivity contribution in [2.75, 3.05) is 0 Å². The summed E-state index contributed by atoms with van der Waals surface area (Å²) in [7, 11) is 0. The first kappa shape index (κ1) is 13.7. The largest absolute Gasteiger partial charge is 0.508 e. The SMILES string of the molecule is Cc1cc(C(C)(C#N)C(F)(F)F)c(Cl)cc1O. The highest BCUT2D eigenvalue weighted by Gasteiger charge is 2.54. The van der Waals surface area contributed by atoms with Gasteiger partial charge in [-0.25, -0.2) is 0 Å². The van der Waals surface area contributed by atoms with Crippen LogP contribution in [0.5, 0.6) is 5.75 Å². The normalized spacial score (nSPS) is 15.1. The Bertz CT molecular complexity index is 493. The van der Waals surface area contributed by atoms with Gasteiger partial charge in [-0.3, -0.25) is 0 Å². The third-order valence-electron chi connectivity index (χ3n) is 2.61. The van der Waals surface area contributed by atoms with E-state index in [0.717, 1.165) is 19.1 Å². The average molecular weight is 264 g/mol. The van der Waals surface area contributed by atoms with Gasteiger partial charge in [-0.15, -0.1) is 0 Å². The van der Waals surface area contributed by atoms with Gasteiger partial charge in [-0.1, -0.05) is 11.6 Å². The molecule has 1 N–H and O–H groups in total. The van der Waals surface area contributed by atoms with Crippen LogP contribution in [-0.2, 0) is 5.41 Å². The number of phenolic OH excluding ortho intramolecular Hbond substituents is 1. The molecular formula is C11H9ClF3NO. The van der Waals surface area contributed by atoms with Crippen molar-refractivity contribution in [2.45, 2.75) is 25.4 Å². The molecular weight excluding hydrogens is 255 g/mol. The van der Waals surface area contributed by atoms with Gasteiger partial charge in [0.05, 0.1) is 6.07 Å². The molecule has 1 aromatic carbocycles. The van der Waals surface area contributed by atoms with E-state index in [9.17, 15) is 18.3 Å². The highest BCUT2D eigenvalue weighted by Crippen LogP contribution is 2.44. The minimum absolute atomic E-state index is 0.207. The molecule has 0 aromatic heterocycles. The lowest BCUT2D eigenvalue weighted by molar-refractivity contribution is -0.168. The van der Waals surface area contributed by atoms with Crippen molar-refractivity contribution >= 4 is 11.6 Å². The molecule has 1 atom stereocenters. The van der Waals surface area contributed by atoms with Crippen LogP contribution in [0.3, 0.4) is 0 Å². The van der Waals surface area contributed by atoms with Crippen LogP contribution in [0.15, 0.2) is 12.1 Å². The fraction of sp³-hybridized carbons (Fsp3) is 0.364. The monoisotopic (exact) mass is 263 g/mol. The van der Waals surface area contributed by atoms with E-state index >= 15 is 0 Å². The number of nitriles is 1. The number of hydrogen-bond donors (Lipinski definition) is 1. The Hall–Kier alpha value is -1.41. The van der Waals surface area contributed by atoms with Crippen LogP contribution in [0, 0.1) is 18.3 Å². The predicted molar refractivity (Wildman–Crippen MR) is 56.9 cm³/mol. The quantitative estimate of drug-likeness (QED) is 0.840. The van der Waals surface area contributed by atoms with Crippen molar-refractivity contribution < 1.29 is 18.3 Å². The van der Waals surface area contributed by atoms with Crippen molar-refractivity contribution in [3.05, 3.63) is 28.3 Å². The second kappa shape index (κ2) is 4.11. The lowest BCUT2D eigenvalue weighted by atomic mass is 9.82. The lowest BCUT2D eigenvalue weighted by Gasteiger charge is -2.26. The third-order valence-corrected chi connectivity index (χ3v) is 2.93. The molecule has 0 aliphatic carbocycles. The summed E-state index contributed by atoms with van der Waals surface area (Å²) in [6, 6.07) is 3.32. The van der Waals surface area contributed by atoms with Crippen molar-refractivity contribution in [2.24, 2.45) is 0 Å². The summed E-state index contributed by atoms with van der Waals surface area (Å²) in [5, 5.41) is 17.8. The van der Waals surface area contributed by atoms with Crippen LogP contribution >= 0.6 is 11.6 Å². The first-order chi connectivity index (χ1) is 7.63. The lowest BCUT2D eigenvalue weighted by Crippen LogP contribution is -2.38. The topological polar surface area (TPSA) is 44.0 Å². The van der Waals surface area contributed by atoms with Gasteiger partial charge in [-0.05, 0) is 31.5 Å². The number of hydrogen-bond acceptors (Lipinski definition) is 2. The van der Waals surface area contributed by atoms with Crippen molar-refractivity contribution in [3.63, 3.8) is 0 Å². The maximum atomic E-state index is 12.9. The fourth-order valence-electron chi connectivity index (χ4n) is 1.33. The highest BCUT2D eigenvalue weighted by atomic mass is 35.5. The zero-order chi connectivity index (χ0) is 13.4. The van der Waals surface area contributed by atoms with Gasteiger partial charge in [0, 0.05) is 10.6 Å². The number of aryl methyl sites for hydroxylation is 1. The second-order valence-corrected chi connectivity index (χ2v) is 4.26. The van der Waals surface area contributed by atoms with Crippen LogP contribution in [-0.4, -0.2) is 11.3 Å². The molecule has 0 radical (unpaired) electrons. The predicted octanol–water partition coefficient (Wildman–Crippen LogP) is 3.70. The minimum Gasteiger partial charge on any atom is -0.508 e. The molecule has 0 saturated heterocycles. The molecule has 1 aromatic rings. The first-order valence-electron chi connectivity index (χ1n) is 4.61. The zero-order valence-electron chi connectivity index (χ0n) is 9.06. The summed E-state index contributed by atoms with van der Waals surface area (Å²) < 4.78 is 38.6. The number of phenols is 1. The molecule has 1 rings (SSSR count). The number of halogens is 4. The summed E-state index contributed by atoms with van der Waals surface area (Å²) in [6.45, 7) is 2.19. The maximum absolute atomic E-state index is 12.9. The molecule has 17 heavy (non-hydrogen) atoms. The van der Waals surface area contributed by atoms with Crippen LogP contribution in [0.1, 0.15) is 18.1 Å². The van der Waals surface area contributed by atoms with E-state index in [0.29, 0.717) is 0 Å². The van der Waals surface area contributed by atoms with E-state index in [1.54, 1.807) is 0 Å². The Morgan fingerprint density at radius 1 is 1.35 bits per heavy atom. The molecule has 6 heteroatoms. The minimum atomic E-state index is -4.74. The van der Waals surface area contributed by atoms with Crippen LogP contribution < -0.4 is 0 Å². The third kappa shape index (κ3) is 2.18. The molecule has 0 heterocycles. The van der Waals surface area contributed by atoms with Gasteiger partial charge in [0.1, 0.15) is 5.75 Å². The Morgan fingerprint density at radius 3 is 2.29 bits per heavy atom. The molecule has 0 saturated carbocycles. The van der Waals surface area contributed by atoms with E-state index < -0.39 is 11.6 Å². The number of alkyl halides is 3. The number of rotatable bonds is 1. The van der Waals surface area contributed by atoms with Gasteiger partial charge < -0.3 is 5.11 Å². The van der Waals surface area contributed by atoms with Crippen LogP contribution in [0.2, 0.25) is 5.02 Å². The molecule has 0 aliphatic heterocycles. The van der Waals surface area contributed by atoms with E-state index in [4.69, 9.17) is 16.9 Å². The molecule has 0 bridgehead atoms. The fourth-order valence-corrected chi connectivity index (χ4v) is 1.68. The summed E-state index contributed by atoms with van der Waals surface area (Å²) in [6.07, 6.45) is -4.74. The molecule has 0 spiro atoms. The highest BCUT2D eigenvalue weighted by molar-refractivity contribution is 6.31. The standard InChI is InChI=1S/C11H9ClF3NO/c1-6-3-7(8(12)4-9(6)17)10(2,5-16)11(13,14)15/h3-4,17H,1-2H3. The van der Waals surface area contributed by atoms with Gasteiger partial charge in [0.2, 0.25) is 0 Å². The van der Waals surface area contributed by atoms with Gasteiger partial charge in [0.15, 0.2) is 5.41 Å². The Morgan fingerprint density at radius 2 is 1.88 bits per heavy atom. The maximum Gasteiger partial charge on any atom is 0.410 e.